The molecule has 0 spiro atoms. The molecule has 0 amide bonds. The first kappa shape index (κ1) is 17.5. The van der Waals surface area contributed by atoms with Gasteiger partial charge < -0.3 is 14.9 Å². The Bertz CT molecular complexity index is 441. The smallest absolute Gasteiger partial charge is 0.119 e. The molecular weight excluding hydrogens is 241 g/mol. The number of ether oxygens (including phenoxy) is 1. The van der Waals surface area contributed by atoms with E-state index >= 15 is 0 Å². The van der Waals surface area contributed by atoms with E-state index in [9.17, 15) is 0 Å². The highest BCUT2D eigenvalue weighted by molar-refractivity contribution is 6.34. The van der Waals surface area contributed by atoms with Gasteiger partial charge in [-0.2, -0.15) is 5.26 Å². The summed E-state index contributed by atoms with van der Waals surface area (Å²) < 4.78 is 4.91. The monoisotopic (exact) mass is 261 g/mol. The normalized spacial score (nSPS) is 11.1. The van der Waals surface area contributed by atoms with Gasteiger partial charge in [0.25, 0.3) is 0 Å². The maximum absolute atomic E-state index is 9.10. The van der Waals surface area contributed by atoms with Gasteiger partial charge in [0.2, 0.25) is 0 Å². The van der Waals surface area contributed by atoms with E-state index in [0.29, 0.717) is 16.8 Å². The SMILES string of the molecule is CC(C)(O)C(C)(C)O.[B]c1ccc(C#N)cc1OC. The molecule has 1 aromatic rings. The van der Waals surface area contributed by atoms with Crippen molar-refractivity contribution < 1.29 is 14.9 Å². The molecule has 0 heterocycles. The van der Waals surface area contributed by atoms with Crippen LogP contribution in [-0.2, 0) is 0 Å². The molecule has 0 unspecified atom stereocenters. The highest BCUT2D eigenvalue weighted by atomic mass is 16.5. The minimum Gasteiger partial charge on any atom is -0.497 e. The van der Waals surface area contributed by atoms with E-state index in [-0.39, 0.29) is 0 Å². The third kappa shape index (κ3) is 5.78. The van der Waals surface area contributed by atoms with Crippen molar-refractivity contribution in [2.75, 3.05) is 7.11 Å². The largest absolute Gasteiger partial charge is 0.497 e. The molecule has 2 N–H and O–H groups in total. The van der Waals surface area contributed by atoms with E-state index in [1.165, 1.54) is 7.11 Å². The molecule has 102 valence electrons. The number of hydrogen-bond donors (Lipinski definition) is 2. The molecule has 0 aliphatic carbocycles. The molecule has 1 rings (SSSR count). The van der Waals surface area contributed by atoms with Crippen LogP contribution in [0.4, 0.5) is 0 Å². The summed E-state index contributed by atoms with van der Waals surface area (Å²) in [7, 11) is 7.04. The topological polar surface area (TPSA) is 73.5 Å². The molecule has 0 aliphatic heterocycles. The molecule has 0 atom stereocenters. The first-order valence-electron chi connectivity index (χ1n) is 5.81. The summed E-state index contributed by atoms with van der Waals surface area (Å²) in [6, 6.07) is 6.90. The zero-order chi connectivity index (χ0) is 15.3. The van der Waals surface area contributed by atoms with Crippen LogP contribution >= 0.6 is 0 Å². The first-order valence-corrected chi connectivity index (χ1v) is 5.81. The molecule has 0 fully saturated rings. The third-order valence-electron chi connectivity index (χ3n) is 2.86. The van der Waals surface area contributed by atoms with E-state index in [1.807, 2.05) is 6.07 Å². The van der Waals surface area contributed by atoms with Crippen LogP contribution in [0.3, 0.4) is 0 Å². The molecule has 0 saturated carbocycles. The van der Waals surface area contributed by atoms with Crippen molar-refractivity contribution in [3.05, 3.63) is 23.8 Å². The Kier molecular flexibility index (Phi) is 6.08. The van der Waals surface area contributed by atoms with E-state index < -0.39 is 11.2 Å². The second-order valence-corrected chi connectivity index (χ2v) is 5.19. The van der Waals surface area contributed by atoms with Crippen LogP contribution in [0.2, 0.25) is 0 Å². The van der Waals surface area contributed by atoms with Crippen LogP contribution in [0, 0.1) is 11.3 Å². The quantitative estimate of drug-likeness (QED) is 0.775. The summed E-state index contributed by atoms with van der Waals surface area (Å²) in [6.07, 6.45) is 0. The number of nitrogens with zero attached hydrogens (tertiary/aromatic N) is 1. The Morgan fingerprint density at radius 3 is 1.95 bits per heavy atom. The number of aliphatic hydroxyl groups is 2. The predicted octanol–water partition coefficient (Wildman–Crippen LogP) is 0.889. The van der Waals surface area contributed by atoms with Gasteiger partial charge in [0.15, 0.2) is 0 Å². The van der Waals surface area contributed by atoms with Gasteiger partial charge >= 0.3 is 0 Å². The van der Waals surface area contributed by atoms with Crippen molar-refractivity contribution in [1.29, 1.82) is 5.26 Å². The van der Waals surface area contributed by atoms with Gasteiger partial charge in [0.1, 0.15) is 13.6 Å². The molecule has 0 bridgehead atoms. The standard InChI is InChI=1S/C8H6BNO.C6H14O2/c1-11-8-4-6(5-10)2-3-7(8)9;1-5(2,7)6(3,4)8/h2-4H,1H3;7-8H,1-4H3. The lowest BCUT2D eigenvalue weighted by Gasteiger charge is -2.31. The van der Waals surface area contributed by atoms with Gasteiger partial charge in [0, 0.05) is 0 Å². The first-order chi connectivity index (χ1) is 8.52. The molecule has 0 saturated heterocycles. The highest BCUT2D eigenvalue weighted by Crippen LogP contribution is 2.19. The van der Waals surface area contributed by atoms with E-state index in [2.05, 4.69) is 0 Å². The fraction of sp³-hybridized carbons (Fsp3) is 0.500. The third-order valence-corrected chi connectivity index (χ3v) is 2.86. The number of methoxy groups -OCH3 is 1. The Hall–Kier alpha value is -1.51. The Morgan fingerprint density at radius 2 is 1.63 bits per heavy atom. The van der Waals surface area contributed by atoms with Crippen molar-refractivity contribution in [1.82, 2.24) is 0 Å². The summed E-state index contributed by atoms with van der Waals surface area (Å²) in [5.41, 5.74) is -0.914. The second-order valence-electron chi connectivity index (χ2n) is 5.19. The summed E-state index contributed by atoms with van der Waals surface area (Å²) >= 11 is 0. The molecule has 0 aromatic heterocycles. The van der Waals surface area contributed by atoms with Gasteiger partial charge in [-0.25, -0.2) is 0 Å². The van der Waals surface area contributed by atoms with Crippen LogP contribution in [0.15, 0.2) is 18.2 Å². The summed E-state index contributed by atoms with van der Waals surface area (Å²) in [6.45, 7) is 6.31. The van der Waals surface area contributed by atoms with Crippen LogP contribution < -0.4 is 10.2 Å². The molecule has 4 nitrogen and oxygen atoms in total. The Labute approximate surface area is 116 Å². The Balaban J connectivity index is 0.000000362. The number of hydrogen-bond acceptors (Lipinski definition) is 4. The fourth-order valence-electron chi connectivity index (χ4n) is 0.781. The molecule has 19 heavy (non-hydrogen) atoms. The summed E-state index contributed by atoms with van der Waals surface area (Å²) in [5.74, 6) is 0.545. The van der Waals surface area contributed by atoms with E-state index in [0.717, 1.165) is 0 Å². The average Bonchev–Trinajstić information content (AvgIpc) is 2.28. The zero-order valence-corrected chi connectivity index (χ0v) is 12.1. The molecular formula is C14H20BNO3. The minimum atomic E-state index is -1.01. The lowest BCUT2D eigenvalue weighted by molar-refractivity contribution is -0.107. The van der Waals surface area contributed by atoms with Crippen molar-refractivity contribution in [2.45, 2.75) is 38.9 Å². The minimum absolute atomic E-state index is 0.545. The summed E-state index contributed by atoms with van der Waals surface area (Å²) in [4.78, 5) is 0. The highest BCUT2D eigenvalue weighted by Gasteiger charge is 2.31. The van der Waals surface area contributed by atoms with Crippen molar-refractivity contribution >= 4 is 13.3 Å². The van der Waals surface area contributed by atoms with Crippen LogP contribution in [0.25, 0.3) is 0 Å². The number of benzene rings is 1. The van der Waals surface area contributed by atoms with Gasteiger partial charge in [-0.3, -0.25) is 0 Å². The van der Waals surface area contributed by atoms with Crippen molar-refractivity contribution in [3.63, 3.8) is 0 Å². The van der Waals surface area contributed by atoms with E-state index in [4.69, 9.17) is 28.1 Å². The van der Waals surface area contributed by atoms with Crippen molar-refractivity contribution in [2.24, 2.45) is 0 Å². The molecule has 5 heteroatoms. The molecule has 0 aliphatic rings. The van der Waals surface area contributed by atoms with E-state index in [1.54, 1.807) is 45.9 Å². The number of rotatable bonds is 2. The Morgan fingerprint density at radius 1 is 1.16 bits per heavy atom. The van der Waals surface area contributed by atoms with Gasteiger partial charge in [-0.1, -0.05) is 11.5 Å². The molecule has 1 aromatic carbocycles. The maximum Gasteiger partial charge on any atom is 0.119 e. The molecule has 2 radical (unpaired) electrons. The lowest BCUT2D eigenvalue weighted by atomic mass is 9.90. The number of nitriles is 1. The van der Waals surface area contributed by atoms with Gasteiger partial charge in [-0.15, -0.1) is 0 Å². The van der Waals surface area contributed by atoms with Crippen molar-refractivity contribution in [3.8, 4) is 11.8 Å². The van der Waals surface area contributed by atoms with Crippen LogP contribution in [0.1, 0.15) is 33.3 Å². The van der Waals surface area contributed by atoms with Gasteiger partial charge in [0.05, 0.1) is 29.9 Å². The van der Waals surface area contributed by atoms with Crippen LogP contribution in [-0.4, -0.2) is 36.4 Å². The fourth-order valence-corrected chi connectivity index (χ4v) is 0.781. The second kappa shape index (κ2) is 6.60. The van der Waals surface area contributed by atoms with Gasteiger partial charge in [-0.05, 0) is 39.8 Å². The van der Waals surface area contributed by atoms with Crippen LogP contribution in [0.5, 0.6) is 5.75 Å². The average molecular weight is 261 g/mol. The lowest BCUT2D eigenvalue weighted by Crippen LogP contribution is -2.44. The predicted molar refractivity (Wildman–Crippen MR) is 75.7 cm³/mol. The maximum atomic E-state index is 9.10. The zero-order valence-electron chi connectivity index (χ0n) is 12.1. The summed E-state index contributed by atoms with van der Waals surface area (Å²) in [5, 5.41) is 26.7.